The third-order valence-electron chi connectivity index (χ3n) is 6.03. The number of methoxy groups -OCH3 is 1. The van der Waals surface area contributed by atoms with Crippen molar-refractivity contribution in [2.45, 2.75) is 18.1 Å². The topological polar surface area (TPSA) is 76.9 Å². The number of nitrogens with zero attached hydrogens (tertiary/aromatic N) is 4. The summed E-state index contributed by atoms with van der Waals surface area (Å²) in [6.07, 6.45) is 0.836. The van der Waals surface area contributed by atoms with E-state index in [4.69, 9.17) is 14.5 Å². The fourth-order valence-electron chi connectivity index (χ4n) is 4.26. The number of aromatic nitrogens is 2. The van der Waals surface area contributed by atoms with Gasteiger partial charge in [0.25, 0.3) is 5.56 Å². The van der Waals surface area contributed by atoms with Gasteiger partial charge in [-0.3, -0.25) is 14.2 Å². The van der Waals surface area contributed by atoms with Gasteiger partial charge in [-0.1, -0.05) is 17.8 Å². The SMILES string of the molecule is COc1cccc(-n2c(SCC(=O)N3CCOCC3)nc3sc4c(c3c2=O)CCN(C)C4)c1. The first-order chi connectivity index (χ1) is 16.0. The number of benzene rings is 1. The Bertz CT molecular complexity index is 1250. The van der Waals surface area contributed by atoms with Crippen molar-refractivity contribution in [3.8, 4) is 11.4 Å². The van der Waals surface area contributed by atoms with Crippen LogP contribution in [0.1, 0.15) is 10.4 Å². The van der Waals surface area contributed by atoms with E-state index in [0.717, 1.165) is 29.9 Å². The summed E-state index contributed by atoms with van der Waals surface area (Å²) >= 11 is 2.90. The van der Waals surface area contributed by atoms with Crippen LogP contribution in [0.25, 0.3) is 15.9 Å². The maximum atomic E-state index is 13.9. The van der Waals surface area contributed by atoms with Crippen molar-refractivity contribution in [2.75, 3.05) is 52.8 Å². The Morgan fingerprint density at radius 2 is 2.09 bits per heavy atom. The van der Waals surface area contributed by atoms with Gasteiger partial charge in [-0.05, 0) is 31.2 Å². The number of hydrogen-bond donors (Lipinski definition) is 0. The van der Waals surface area contributed by atoms with Crippen molar-refractivity contribution >= 4 is 39.2 Å². The molecule has 2 aliphatic heterocycles. The first kappa shape index (κ1) is 22.4. The molecular formula is C23H26N4O4S2. The van der Waals surface area contributed by atoms with Crippen molar-refractivity contribution in [1.29, 1.82) is 0 Å². The monoisotopic (exact) mass is 486 g/mol. The second-order valence-electron chi connectivity index (χ2n) is 8.19. The number of thioether (sulfide) groups is 1. The summed E-state index contributed by atoms with van der Waals surface area (Å²) in [5.41, 5.74) is 1.71. The van der Waals surface area contributed by atoms with Gasteiger partial charge in [0.05, 0.1) is 37.2 Å². The van der Waals surface area contributed by atoms with Crippen LogP contribution in [0.2, 0.25) is 0 Å². The zero-order valence-corrected chi connectivity index (χ0v) is 20.3. The van der Waals surface area contributed by atoms with Crippen LogP contribution in [0.5, 0.6) is 5.75 Å². The molecule has 1 amide bonds. The lowest BCUT2D eigenvalue weighted by atomic mass is 10.1. The molecule has 1 fully saturated rings. The van der Waals surface area contributed by atoms with Crippen LogP contribution in [-0.4, -0.2) is 78.0 Å². The fourth-order valence-corrected chi connectivity index (χ4v) is 6.51. The molecule has 4 heterocycles. The Balaban J connectivity index is 1.58. The average Bonchev–Trinajstić information content (AvgIpc) is 3.20. The molecule has 0 unspecified atom stereocenters. The van der Waals surface area contributed by atoms with Crippen LogP contribution in [0.15, 0.2) is 34.2 Å². The second-order valence-corrected chi connectivity index (χ2v) is 10.2. The van der Waals surface area contributed by atoms with Gasteiger partial charge in [-0.15, -0.1) is 11.3 Å². The van der Waals surface area contributed by atoms with Gasteiger partial charge >= 0.3 is 0 Å². The third-order valence-corrected chi connectivity index (χ3v) is 8.07. The Kier molecular flexibility index (Phi) is 6.42. The van der Waals surface area contributed by atoms with Crippen molar-refractivity contribution in [3.63, 3.8) is 0 Å². The third kappa shape index (κ3) is 4.40. The van der Waals surface area contributed by atoms with E-state index in [1.807, 2.05) is 29.2 Å². The lowest BCUT2D eigenvalue weighted by Crippen LogP contribution is -2.41. The van der Waals surface area contributed by atoms with E-state index in [1.165, 1.54) is 16.6 Å². The Hall–Kier alpha value is -2.40. The summed E-state index contributed by atoms with van der Waals surface area (Å²) in [7, 11) is 3.69. The van der Waals surface area contributed by atoms with E-state index in [-0.39, 0.29) is 17.2 Å². The summed E-state index contributed by atoms with van der Waals surface area (Å²) in [4.78, 5) is 37.6. The molecule has 174 valence electrons. The highest BCUT2D eigenvalue weighted by Gasteiger charge is 2.25. The number of ether oxygens (including phenoxy) is 2. The van der Waals surface area contributed by atoms with Crippen molar-refractivity contribution in [3.05, 3.63) is 45.1 Å². The molecule has 10 heteroatoms. The first-order valence-electron chi connectivity index (χ1n) is 10.9. The number of likely N-dealkylation sites (N-methyl/N-ethyl adjacent to an activating group) is 1. The largest absolute Gasteiger partial charge is 0.497 e. The van der Waals surface area contributed by atoms with Crippen LogP contribution in [0, 0.1) is 0 Å². The van der Waals surface area contributed by atoms with Crippen LogP contribution < -0.4 is 10.3 Å². The van der Waals surface area contributed by atoms with Crippen LogP contribution in [-0.2, 0) is 22.5 Å². The van der Waals surface area contributed by atoms with Gasteiger partial charge < -0.3 is 19.3 Å². The molecule has 0 spiro atoms. The molecule has 1 aromatic carbocycles. The molecule has 8 nitrogen and oxygen atoms in total. The zero-order chi connectivity index (χ0) is 22.9. The standard InChI is InChI=1S/C23H26N4O4S2/c1-25-7-6-17-18(13-25)33-21-20(17)22(29)27(15-4-3-5-16(12-15)30-2)23(24-21)32-14-19(28)26-8-10-31-11-9-26/h3-5,12H,6-11,13-14H2,1-2H3. The minimum atomic E-state index is -0.0865. The highest BCUT2D eigenvalue weighted by molar-refractivity contribution is 7.99. The molecule has 1 saturated heterocycles. The molecule has 2 aromatic heterocycles. The normalized spacial score (nSPS) is 16.7. The van der Waals surface area contributed by atoms with E-state index in [9.17, 15) is 9.59 Å². The van der Waals surface area contributed by atoms with Crippen LogP contribution in [0.3, 0.4) is 0 Å². The molecule has 5 rings (SSSR count). The van der Waals surface area contributed by atoms with Crippen molar-refractivity contribution in [1.82, 2.24) is 19.4 Å². The number of carbonyl (C=O) groups excluding carboxylic acids is 1. The number of fused-ring (bicyclic) bond motifs is 3. The van der Waals surface area contributed by atoms with E-state index >= 15 is 0 Å². The smallest absolute Gasteiger partial charge is 0.267 e. The van der Waals surface area contributed by atoms with E-state index in [2.05, 4.69) is 11.9 Å². The fraction of sp³-hybridized carbons (Fsp3) is 0.435. The van der Waals surface area contributed by atoms with Gasteiger partial charge in [0.2, 0.25) is 5.91 Å². The van der Waals surface area contributed by atoms with E-state index < -0.39 is 0 Å². The lowest BCUT2D eigenvalue weighted by molar-refractivity contribution is -0.132. The highest BCUT2D eigenvalue weighted by Crippen LogP contribution is 2.34. The highest BCUT2D eigenvalue weighted by atomic mass is 32.2. The van der Waals surface area contributed by atoms with Crippen LogP contribution in [0.4, 0.5) is 0 Å². The number of carbonyl (C=O) groups is 1. The summed E-state index contributed by atoms with van der Waals surface area (Å²) in [6, 6.07) is 7.40. The van der Waals surface area contributed by atoms with E-state index in [0.29, 0.717) is 48.3 Å². The maximum Gasteiger partial charge on any atom is 0.267 e. The number of hydrogen-bond acceptors (Lipinski definition) is 8. The number of thiophene rings is 1. The molecule has 3 aromatic rings. The number of rotatable bonds is 5. The van der Waals surface area contributed by atoms with Gasteiger partial charge in [0.15, 0.2) is 5.16 Å². The van der Waals surface area contributed by atoms with Crippen molar-refractivity contribution < 1.29 is 14.3 Å². The van der Waals surface area contributed by atoms with Gasteiger partial charge in [0.1, 0.15) is 10.6 Å². The predicted molar refractivity (Wildman–Crippen MR) is 130 cm³/mol. The van der Waals surface area contributed by atoms with Gasteiger partial charge in [-0.2, -0.15) is 0 Å². The molecule has 0 saturated carbocycles. The van der Waals surface area contributed by atoms with Gasteiger partial charge in [-0.25, -0.2) is 4.98 Å². The molecule has 0 aliphatic carbocycles. The molecule has 33 heavy (non-hydrogen) atoms. The molecule has 2 aliphatic rings. The summed E-state index contributed by atoms with van der Waals surface area (Å²) in [5.74, 6) is 0.909. The van der Waals surface area contributed by atoms with Crippen LogP contribution >= 0.6 is 23.1 Å². The Morgan fingerprint density at radius 3 is 2.88 bits per heavy atom. The molecule has 0 N–H and O–H groups in total. The zero-order valence-electron chi connectivity index (χ0n) is 18.7. The van der Waals surface area contributed by atoms with Gasteiger partial charge in [0, 0.05) is 37.1 Å². The number of amides is 1. The molecule has 0 radical (unpaired) electrons. The quantitative estimate of drug-likeness (QED) is 0.405. The minimum Gasteiger partial charge on any atom is -0.497 e. The summed E-state index contributed by atoms with van der Waals surface area (Å²) < 4.78 is 12.4. The second kappa shape index (κ2) is 9.46. The maximum absolute atomic E-state index is 13.9. The molecule has 0 bridgehead atoms. The predicted octanol–water partition coefficient (Wildman–Crippen LogP) is 2.39. The minimum absolute atomic E-state index is 0.0296. The first-order valence-corrected chi connectivity index (χ1v) is 12.7. The summed E-state index contributed by atoms with van der Waals surface area (Å²) in [6.45, 7) is 4.06. The lowest BCUT2D eigenvalue weighted by Gasteiger charge is -2.26. The molecular weight excluding hydrogens is 460 g/mol. The Morgan fingerprint density at radius 1 is 1.27 bits per heavy atom. The van der Waals surface area contributed by atoms with E-state index in [1.54, 1.807) is 23.0 Å². The molecule has 0 atom stereocenters. The average molecular weight is 487 g/mol. The summed E-state index contributed by atoms with van der Waals surface area (Å²) in [5, 5.41) is 1.23. The number of morpholine rings is 1. The Labute approximate surface area is 200 Å². The van der Waals surface area contributed by atoms with Crippen molar-refractivity contribution in [2.24, 2.45) is 0 Å².